The Bertz CT molecular complexity index is 1440. The number of nitrogens with one attached hydrogen (secondary N) is 3. The second-order valence-corrected chi connectivity index (χ2v) is 12.3. The molecule has 214 valence electrons. The lowest BCUT2D eigenvalue weighted by atomic mass is 9.99. The van der Waals surface area contributed by atoms with Gasteiger partial charge in [0.15, 0.2) is 5.78 Å². The Hall–Kier alpha value is -2.94. The molecule has 0 heterocycles. The number of para-hydroxylation sites is 1. The number of amides is 1. The Morgan fingerprint density at radius 2 is 1.65 bits per heavy atom. The van der Waals surface area contributed by atoms with Crippen molar-refractivity contribution in [3.05, 3.63) is 98.6 Å². The SMILES string of the molecule is CS(=O)(=O)Nc1ccccc1C(=O)CCC(=O)N[C@@H](Cc1cc(F)cc(F)c1)[C@H](O)CNCc1cccc(I)c1. The summed E-state index contributed by atoms with van der Waals surface area (Å²) in [6.07, 6.45) is -0.679. The van der Waals surface area contributed by atoms with Crippen LogP contribution < -0.4 is 15.4 Å². The predicted octanol–water partition coefficient (Wildman–Crippen LogP) is 3.78. The summed E-state index contributed by atoms with van der Waals surface area (Å²) in [5.74, 6) is -2.57. The molecule has 0 aromatic heterocycles. The average Bonchev–Trinajstić information content (AvgIpc) is 2.85. The number of hydrogen-bond acceptors (Lipinski definition) is 6. The van der Waals surface area contributed by atoms with Gasteiger partial charge in [-0.1, -0.05) is 24.3 Å². The molecule has 0 fully saturated rings. The fourth-order valence-corrected chi connectivity index (χ4v) is 5.26. The molecule has 12 heteroatoms. The summed E-state index contributed by atoms with van der Waals surface area (Å²) in [7, 11) is -3.62. The second-order valence-electron chi connectivity index (χ2n) is 9.33. The number of hydrogen-bond donors (Lipinski definition) is 4. The molecule has 0 saturated carbocycles. The van der Waals surface area contributed by atoms with Crippen LogP contribution in [0.15, 0.2) is 66.7 Å². The van der Waals surface area contributed by atoms with Gasteiger partial charge in [0, 0.05) is 41.1 Å². The molecule has 0 saturated heterocycles. The number of carbonyl (C=O) groups is 2. The van der Waals surface area contributed by atoms with E-state index in [1.165, 1.54) is 12.1 Å². The van der Waals surface area contributed by atoms with Gasteiger partial charge >= 0.3 is 0 Å². The highest BCUT2D eigenvalue weighted by Crippen LogP contribution is 2.19. The van der Waals surface area contributed by atoms with Crippen LogP contribution in [-0.2, 0) is 27.8 Å². The predicted molar refractivity (Wildman–Crippen MR) is 157 cm³/mol. The largest absolute Gasteiger partial charge is 0.390 e. The van der Waals surface area contributed by atoms with E-state index in [1.807, 2.05) is 24.3 Å². The lowest BCUT2D eigenvalue weighted by molar-refractivity contribution is -0.122. The molecule has 0 aliphatic carbocycles. The highest BCUT2D eigenvalue weighted by Gasteiger charge is 2.23. The maximum absolute atomic E-state index is 13.8. The first kappa shape index (κ1) is 31.6. The van der Waals surface area contributed by atoms with Crippen molar-refractivity contribution in [1.82, 2.24) is 10.6 Å². The van der Waals surface area contributed by atoms with Crippen molar-refractivity contribution < 1.29 is 31.9 Å². The standard InChI is InChI=1S/C28H30F2IN3O5S/c1-40(38,39)34-24-8-3-2-7-23(24)26(35)9-10-28(37)33-25(14-19-11-20(29)15-21(30)12-19)27(36)17-32-16-18-5-4-6-22(31)13-18/h2-8,11-13,15,25,27,32,34,36H,9-10,14,16-17H2,1H3,(H,33,37)/t25-,27+/m0/s1. The number of sulfonamides is 1. The van der Waals surface area contributed by atoms with Crippen LogP contribution in [0.1, 0.15) is 34.3 Å². The van der Waals surface area contributed by atoms with Crippen LogP contribution in [0.2, 0.25) is 0 Å². The van der Waals surface area contributed by atoms with Gasteiger partial charge in [0.05, 0.1) is 24.1 Å². The molecule has 8 nitrogen and oxygen atoms in total. The van der Waals surface area contributed by atoms with Crippen molar-refractivity contribution in [3.8, 4) is 0 Å². The number of anilines is 1. The van der Waals surface area contributed by atoms with E-state index in [0.717, 1.165) is 33.6 Å². The highest BCUT2D eigenvalue weighted by molar-refractivity contribution is 14.1. The number of aliphatic hydroxyl groups excluding tert-OH is 1. The molecule has 3 rings (SSSR count). The first-order valence-electron chi connectivity index (χ1n) is 12.4. The van der Waals surface area contributed by atoms with Gasteiger partial charge < -0.3 is 15.7 Å². The Morgan fingerprint density at radius 3 is 2.33 bits per heavy atom. The van der Waals surface area contributed by atoms with Crippen LogP contribution in [-0.4, -0.2) is 50.2 Å². The third-order valence-corrected chi connectivity index (χ3v) is 7.12. The fourth-order valence-electron chi connectivity index (χ4n) is 4.08. The van der Waals surface area contributed by atoms with Crippen LogP contribution in [0.25, 0.3) is 0 Å². The third-order valence-electron chi connectivity index (χ3n) is 5.86. The molecule has 3 aromatic rings. The first-order valence-corrected chi connectivity index (χ1v) is 15.3. The summed E-state index contributed by atoms with van der Waals surface area (Å²) in [6, 6.07) is 15.9. The zero-order chi connectivity index (χ0) is 29.3. The van der Waals surface area contributed by atoms with E-state index < -0.39 is 45.5 Å². The van der Waals surface area contributed by atoms with Gasteiger partial charge in [0.1, 0.15) is 11.6 Å². The van der Waals surface area contributed by atoms with Crippen LogP contribution in [0.3, 0.4) is 0 Å². The molecule has 4 N–H and O–H groups in total. The monoisotopic (exact) mass is 685 g/mol. The van der Waals surface area contributed by atoms with Gasteiger partial charge in [0.2, 0.25) is 15.9 Å². The Kier molecular flexibility index (Phi) is 11.5. The van der Waals surface area contributed by atoms with Crippen molar-refractivity contribution in [2.75, 3.05) is 17.5 Å². The summed E-state index contributed by atoms with van der Waals surface area (Å²) in [5.41, 5.74) is 1.47. The molecule has 0 unspecified atom stereocenters. The maximum Gasteiger partial charge on any atom is 0.229 e. The molecular formula is C28H30F2IN3O5S. The fraction of sp³-hybridized carbons (Fsp3) is 0.286. The summed E-state index contributed by atoms with van der Waals surface area (Å²) < 4.78 is 54.2. The lowest BCUT2D eigenvalue weighted by Crippen LogP contribution is -2.48. The van der Waals surface area contributed by atoms with Gasteiger partial charge in [0.25, 0.3) is 0 Å². The molecule has 0 aliphatic rings. The Morgan fingerprint density at radius 1 is 0.950 bits per heavy atom. The van der Waals surface area contributed by atoms with Crippen molar-refractivity contribution in [3.63, 3.8) is 0 Å². The van der Waals surface area contributed by atoms with E-state index in [0.29, 0.717) is 6.54 Å². The Balaban J connectivity index is 1.66. The summed E-state index contributed by atoms with van der Waals surface area (Å²) >= 11 is 2.20. The number of benzene rings is 3. The quantitative estimate of drug-likeness (QED) is 0.151. The number of carbonyl (C=O) groups excluding carboxylic acids is 2. The second kappa shape index (κ2) is 14.6. The third kappa shape index (κ3) is 10.6. The van der Waals surface area contributed by atoms with Gasteiger partial charge in [-0.3, -0.25) is 14.3 Å². The summed E-state index contributed by atoms with van der Waals surface area (Å²) in [6.45, 7) is 0.538. The minimum atomic E-state index is -3.62. The molecule has 0 radical (unpaired) electrons. The zero-order valence-corrected chi connectivity index (χ0v) is 24.6. The zero-order valence-electron chi connectivity index (χ0n) is 21.7. The minimum absolute atomic E-state index is 0.0540. The number of Topliss-reactive ketones (excluding diaryl/α,β-unsaturated/α-hetero) is 1. The van der Waals surface area contributed by atoms with Gasteiger partial charge in [-0.05, 0) is 76.5 Å². The van der Waals surface area contributed by atoms with E-state index in [1.54, 1.807) is 12.1 Å². The summed E-state index contributed by atoms with van der Waals surface area (Å²) in [4.78, 5) is 25.6. The van der Waals surface area contributed by atoms with Crippen LogP contribution in [0.5, 0.6) is 0 Å². The van der Waals surface area contributed by atoms with Crippen molar-refractivity contribution in [2.24, 2.45) is 0 Å². The maximum atomic E-state index is 13.8. The van der Waals surface area contributed by atoms with Gasteiger partial charge in [-0.25, -0.2) is 17.2 Å². The van der Waals surface area contributed by atoms with E-state index in [2.05, 4.69) is 37.9 Å². The lowest BCUT2D eigenvalue weighted by Gasteiger charge is -2.25. The van der Waals surface area contributed by atoms with E-state index >= 15 is 0 Å². The average molecular weight is 686 g/mol. The van der Waals surface area contributed by atoms with Crippen LogP contribution in [0, 0.1) is 15.2 Å². The highest BCUT2D eigenvalue weighted by atomic mass is 127. The van der Waals surface area contributed by atoms with Gasteiger partial charge in [-0.15, -0.1) is 0 Å². The molecule has 1 amide bonds. The number of halogens is 3. The Labute approximate surface area is 245 Å². The topological polar surface area (TPSA) is 125 Å². The molecule has 3 aromatic carbocycles. The van der Waals surface area contributed by atoms with Crippen molar-refractivity contribution >= 4 is 50.0 Å². The van der Waals surface area contributed by atoms with Crippen LogP contribution in [0.4, 0.5) is 14.5 Å². The first-order chi connectivity index (χ1) is 18.9. The molecule has 0 aliphatic heterocycles. The minimum Gasteiger partial charge on any atom is -0.390 e. The van der Waals surface area contributed by atoms with E-state index in [9.17, 15) is 31.9 Å². The molecule has 0 spiro atoms. The normalized spacial score (nSPS) is 12.9. The van der Waals surface area contributed by atoms with Crippen molar-refractivity contribution in [2.45, 2.75) is 38.0 Å². The van der Waals surface area contributed by atoms with Crippen molar-refractivity contribution in [1.29, 1.82) is 0 Å². The molecular weight excluding hydrogens is 655 g/mol. The number of ketones is 1. The summed E-state index contributed by atoms with van der Waals surface area (Å²) in [5, 5.41) is 16.7. The van der Waals surface area contributed by atoms with E-state index in [4.69, 9.17) is 0 Å². The number of rotatable bonds is 14. The van der Waals surface area contributed by atoms with Crippen LogP contribution >= 0.6 is 22.6 Å². The molecule has 0 bridgehead atoms. The van der Waals surface area contributed by atoms with Gasteiger partial charge in [-0.2, -0.15) is 0 Å². The van der Waals surface area contributed by atoms with E-state index in [-0.39, 0.29) is 42.6 Å². The smallest absolute Gasteiger partial charge is 0.229 e. The molecule has 40 heavy (non-hydrogen) atoms. The molecule has 2 atom stereocenters. The number of aliphatic hydroxyl groups is 1.